The Labute approximate surface area is 242 Å². The van der Waals surface area contributed by atoms with Crippen LogP contribution in [0.2, 0.25) is 5.02 Å². The number of anilines is 1. The number of aryl methyl sites for hydroxylation is 1. The highest BCUT2D eigenvalue weighted by Crippen LogP contribution is 2.24. The van der Waals surface area contributed by atoms with Gasteiger partial charge in [0.15, 0.2) is 0 Å². The summed E-state index contributed by atoms with van der Waals surface area (Å²) in [5.41, 5.74) is 3.12. The van der Waals surface area contributed by atoms with Crippen LogP contribution >= 0.6 is 11.6 Å². The lowest BCUT2D eigenvalue weighted by Gasteiger charge is -2.34. The molecule has 0 aliphatic heterocycles. The van der Waals surface area contributed by atoms with Crippen LogP contribution in [0.4, 0.5) is 5.69 Å². The third-order valence-electron chi connectivity index (χ3n) is 7.22. The van der Waals surface area contributed by atoms with Gasteiger partial charge in [-0.05, 0) is 49.1 Å². The molecule has 1 atom stereocenters. The van der Waals surface area contributed by atoms with Crippen molar-refractivity contribution in [1.29, 1.82) is 0 Å². The van der Waals surface area contributed by atoms with E-state index in [-0.39, 0.29) is 24.2 Å². The highest BCUT2D eigenvalue weighted by Gasteiger charge is 2.34. The summed E-state index contributed by atoms with van der Waals surface area (Å²) in [6.45, 7) is 1.67. The maximum absolute atomic E-state index is 14.1. The molecular weight excluding hydrogens is 546 g/mol. The Hall–Kier alpha value is -3.36. The zero-order chi connectivity index (χ0) is 28.7. The molecule has 1 N–H and O–H groups in total. The second kappa shape index (κ2) is 13.3. The van der Waals surface area contributed by atoms with Gasteiger partial charge in [-0.3, -0.25) is 13.9 Å². The number of carbonyl (C=O) groups is 2. The zero-order valence-electron chi connectivity index (χ0n) is 22.9. The van der Waals surface area contributed by atoms with Crippen molar-refractivity contribution >= 4 is 39.1 Å². The topological polar surface area (TPSA) is 86.8 Å². The van der Waals surface area contributed by atoms with Gasteiger partial charge in [0.2, 0.25) is 21.8 Å². The van der Waals surface area contributed by atoms with Gasteiger partial charge in [0.05, 0.1) is 11.9 Å². The van der Waals surface area contributed by atoms with Crippen molar-refractivity contribution in [3.63, 3.8) is 0 Å². The molecular formula is C31H36ClN3O4S. The van der Waals surface area contributed by atoms with Gasteiger partial charge in [0.25, 0.3) is 0 Å². The van der Waals surface area contributed by atoms with Crippen molar-refractivity contribution in [2.45, 2.75) is 57.7 Å². The number of nitrogens with zero attached hydrogens (tertiary/aromatic N) is 2. The van der Waals surface area contributed by atoms with E-state index in [4.69, 9.17) is 11.6 Å². The van der Waals surface area contributed by atoms with Crippen LogP contribution in [0.5, 0.6) is 0 Å². The summed E-state index contributed by atoms with van der Waals surface area (Å²) in [6.07, 6.45) is 5.29. The van der Waals surface area contributed by atoms with Crippen molar-refractivity contribution in [2.75, 3.05) is 17.1 Å². The molecule has 0 saturated heterocycles. The van der Waals surface area contributed by atoms with Gasteiger partial charge < -0.3 is 10.2 Å². The van der Waals surface area contributed by atoms with E-state index in [2.05, 4.69) is 5.32 Å². The summed E-state index contributed by atoms with van der Waals surface area (Å²) in [4.78, 5) is 29.5. The number of hydrogen-bond acceptors (Lipinski definition) is 4. The lowest BCUT2D eigenvalue weighted by Crippen LogP contribution is -2.54. The lowest BCUT2D eigenvalue weighted by atomic mass is 10.0. The van der Waals surface area contributed by atoms with Crippen molar-refractivity contribution in [3.8, 4) is 0 Å². The molecule has 9 heteroatoms. The van der Waals surface area contributed by atoms with Crippen LogP contribution in [0.1, 0.15) is 42.4 Å². The minimum Gasteiger partial charge on any atom is -0.352 e. The highest BCUT2D eigenvalue weighted by molar-refractivity contribution is 7.92. The van der Waals surface area contributed by atoms with Crippen LogP contribution in [0.15, 0.2) is 78.9 Å². The zero-order valence-corrected chi connectivity index (χ0v) is 24.5. The second-order valence-corrected chi connectivity index (χ2v) is 12.8. The number of hydrogen-bond donors (Lipinski definition) is 1. The average molecular weight is 582 g/mol. The summed E-state index contributed by atoms with van der Waals surface area (Å²) in [6, 6.07) is 22.9. The third-order valence-corrected chi connectivity index (χ3v) is 8.60. The van der Waals surface area contributed by atoms with E-state index in [9.17, 15) is 18.0 Å². The molecule has 3 aromatic rings. The molecule has 3 aromatic carbocycles. The highest BCUT2D eigenvalue weighted by atomic mass is 35.5. The fraction of sp³-hybridized carbons (Fsp3) is 0.355. The molecule has 0 radical (unpaired) electrons. The summed E-state index contributed by atoms with van der Waals surface area (Å²) >= 11 is 6.15. The van der Waals surface area contributed by atoms with E-state index >= 15 is 0 Å². The number of nitrogens with one attached hydrogen (secondary N) is 1. The molecule has 7 nitrogen and oxygen atoms in total. The first kappa shape index (κ1) is 29.6. The number of halogens is 1. The Morgan fingerprint density at radius 1 is 0.950 bits per heavy atom. The maximum Gasteiger partial charge on any atom is 0.244 e. The summed E-state index contributed by atoms with van der Waals surface area (Å²) in [5, 5.41) is 3.52. The van der Waals surface area contributed by atoms with Gasteiger partial charge in [-0.25, -0.2) is 8.42 Å². The molecule has 2 amide bonds. The molecule has 0 heterocycles. The Kier molecular flexibility index (Phi) is 9.87. The number of sulfonamides is 1. The fourth-order valence-electron chi connectivity index (χ4n) is 5.06. The van der Waals surface area contributed by atoms with Gasteiger partial charge in [-0.2, -0.15) is 0 Å². The molecule has 1 saturated carbocycles. The van der Waals surface area contributed by atoms with Gasteiger partial charge in [0, 0.05) is 24.0 Å². The first-order valence-corrected chi connectivity index (χ1v) is 15.8. The molecule has 0 bridgehead atoms. The van der Waals surface area contributed by atoms with Crippen molar-refractivity contribution < 1.29 is 18.0 Å². The fourth-order valence-corrected chi connectivity index (χ4v) is 6.08. The molecule has 0 spiro atoms. The number of carbonyl (C=O) groups excluding carboxylic acids is 2. The molecule has 212 valence electrons. The average Bonchev–Trinajstić information content (AvgIpc) is 3.43. The SMILES string of the molecule is Cc1ccc(CN(C(=O)CN(c2cccc(Cl)c2)S(C)(=O)=O)[C@H](Cc2ccccc2)C(=O)NC2CCCC2)cc1. The lowest BCUT2D eigenvalue weighted by molar-refractivity contribution is -0.140. The van der Waals surface area contributed by atoms with Gasteiger partial charge in [-0.1, -0.05) is 90.7 Å². The van der Waals surface area contributed by atoms with Crippen LogP contribution in [0, 0.1) is 6.92 Å². The summed E-state index contributed by atoms with van der Waals surface area (Å²) in [5.74, 6) is -0.710. The van der Waals surface area contributed by atoms with Crippen molar-refractivity contribution in [2.24, 2.45) is 0 Å². The molecule has 1 aliphatic carbocycles. The molecule has 1 aliphatic rings. The van der Waals surface area contributed by atoms with Crippen LogP contribution < -0.4 is 9.62 Å². The Balaban J connectivity index is 1.72. The molecule has 40 heavy (non-hydrogen) atoms. The predicted octanol–water partition coefficient (Wildman–Crippen LogP) is 5.11. The van der Waals surface area contributed by atoms with E-state index in [1.807, 2.05) is 61.5 Å². The maximum atomic E-state index is 14.1. The van der Waals surface area contributed by atoms with E-state index in [1.54, 1.807) is 18.2 Å². The van der Waals surface area contributed by atoms with Crippen molar-refractivity contribution in [1.82, 2.24) is 10.2 Å². The van der Waals surface area contributed by atoms with Gasteiger partial charge in [-0.15, -0.1) is 0 Å². The number of rotatable bonds is 11. The molecule has 0 unspecified atom stereocenters. The standard InChI is InChI=1S/C31H36ClN3O4S/c1-23-15-17-25(18-16-23)21-34(30(36)22-35(40(2,38)39)28-14-8-11-26(32)20-28)29(19-24-9-4-3-5-10-24)31(37)33-27-12-6-7-13-27/h3-5,8-11,14-18,20,27,29H,6-7,12-13,19,21-22H2,1-2H3,(H,33,37)/t29-/m1/s1. The van der Waals surface area contributed by atoms with E-state index in [1.165, 1.54) is 11.0 Å². The minimum absolute atomic E-state index is 0.0704. The molecule has 1 fully saturated rings. The third kappa shape index (κ3) is 8.08. The Morgan fingerprint density at radius 3 is 2.25 bits per heavy atom. The van der Waals surface area contributed by atoms with Crippen LogP contribution in [0.3, 0.4) is 0 Å². The van der Waals surface area contributed by atoms with Crippen LogP contribution in [-0.4, -0.2) is 50.0 Å². The number of amides is 2. The summed E-state index contributed by atoms with van der Waals surface area (Å²) < 4.78 is 26.7. The minimum atomic E-state index is -3.84. The largest absolute Gasteiger partial charge is 0.352 e. The van der Waals surface area contributed by atoms with Crippen molar-refractivity contribution in [3.05, 3.63) is 101 Å². The quantitative estimate of drug-likeness (QED) is 0.341. The Bertz CT molecular complexity index is 1410. The normalized spacial score (nSPS) is 14.5. The first-order valence-electron chi connectivity index (χ1n) is 13.5. The summed E-state index contributed by atoms with van der Waals surface area (Å²) in [7, 11) is -3.84. The first-order chi connectivity index (χ1) is 19.1. The smallest absolute Gasteiger partial charge is 0.244 e. The number of benzene rings is 3. The monoisotopic (exact) mass is 581 g/mol. The predicted molar refractivity (Wildman–Crippen MR) is 160 cm³/mol. The molecule has 0 aromatic heterocycles. The van der Waals surface area contributed by atoms with E-state index in [0.29, 0.717) is 11.4 Å². The molecule has 4 rings (SSSR count). The van der Waals surface area contributed by atoms with E-state index < -0.39 is 28.5 Å². The van der Waals surface area contributed by atoms with Gasteiger partial charge >= 0.3 is 0 Å². The van der Waals surface area contributed by atoms with E-state index in [0.717, 1.165) is 52.9 Å². The van der Waals surface area contributed by atoms with Gasteiger partial charge in [0.1, 0.15) is 12.6 Å². The van der Waals surface area contributed by atoms with Crippen LogP contribution in [0.25, 0.3) is 0 Å². The second-order valence-electron chi connectivity index (χ2n) is 10.5. The van der Waals surface area contributed by atoms with Crippen LogP contribution in [-0.2, 0) is 32.6 Å². The Morgan fingerprint density at radius 2 is 1.62 bits per heavy atom.